The largest absolute Gasteiger partial charge is 0.0654 e. The van der Waals surface area contributed by atoms with Crippen molar-refractivity contribution in [2.45, 2.75) is 54.4 Å². The molecule has 13 heavy (non-hydrogen) atoms. The minimum atomic E-state index is 0.657. The first-order valence-electron chi connectivity index (χ1n) is 5.96. The van der Waals surface area contributed by atoms with E-state index < -0.39 is 0 Å². The smallest absolute Gasteiger partial charge is 0.0238 e. The molecule has 0 radical (unpaired) electrons. The lowest BCUT2D eigenvalue weighted by molar-refractivity contribution is 0.238. The van der Waals surface area contributed by atoms with Crippen LogP contribution in [0.2, 0.25) is 0 Å². The molecule has 0 bridgehead atoms. The Labute approximate surface area is 84.1 Å². The molecule has 78 valence electrons. The van der Waals surface area contributed by atoms with Gasteiger partial charge in [-0.15, -0.1) is 0 Å². The van der Waals surface area contributed by atoms with Gasteiger partial charge in [0.1, 0.15) is 0 Å². The predicted octanol–water partition coefficient (Wildman–Crippen LogP) is 4.35. The molecule has 0 aromatic heterocycles. The molecule has 0 N–H and O–H groups in total. The van der Waals surface area contributed by atoms with Gasteiger partial charge in [0.2, 0.25) is 0 Å². The fourth-order valence-corrected chi connectivity index (χ4v) is 3.20. The van der Waals surface area contributed by atoms with Crippen molar-refractivity contribution in [3.63, 3.8) is 0 Å². The maximum Gasteiger partial charge on any atom is -0.0238 e. The lowest BCUT2D eigenvalue weighted by Gasteiger charge is -2.25. The van der Waals surface area contributed by atoms with E-state index in [2.05, 4.69) is 41.5 Å². The molecule has 0 amide bonds. The normalized spacial score (nSPS) is 40.8. The molecule has 0 aromatic rings. The van der Waals surface area contributed by atoms with Crippen molar-refractivity contribution in [2.24, 2.45) is 29.1 Å². The van der Waals surface area contributed by atoms with Crippen LogP contribution in [0.5, 0.6) is 0 Å². The molecule has 0 spiro atoms. The molecule has 0 heteroatoms. The van der Waals surface area contributed by atoms with E-state index in [1.54, 1.807) is 0 Å². The van der Waals surface area contributed by atoms with Gasteiger partial charge < -0.3 is 0 Å². The zero-order valence-electron chi connectivity index (χ0n) is 10.2. The Kier molecular flexibility index (Phi) is 3.09. The van der Waals surface area contributed by atoms with E-state index >= 15 is 0 Å². The standard InChI is InChI=1S/C13H26/c1-7-8-12-11(5)13(12,6)10(4)9(2)3/h9-12H,7-8H2,1-6H3. The molecular weight excluding hydrogens is 156 g/mol. The molecule has 1 fully saturated rings. The lowest BCUT2D eigenvalue weighted by atomic mass is 9.80. The van der Waals surface area contributed by atoms with Gasteiger partial charge in [0, 0.05) is 0 Å². The fraction of sp³-hybridized carbons (Fsp3) is 1.00. The summed E-state index contributed by atoms with van der Waals surface area (Å²) in [6.45, 7) is 14.4. The average Bonchev–Trinajstić information content (AvgIpc) is 2.58. The van der Waals surface area contributed by atoms with Crippen LogP contribution in [0.3, 0.4) is 0 Å². The van der Waals surface area contributed by atoms with Crippen LogP contribution in [0.25, 0.3) is 0 Å². The van der Waals surface area contributed by atoms with Crippen LogP contribution >= 0.6 is 0 Å². The Morgan fingerprint density at radius 2 is 1.77 bits per heavy atom. The van der Waals surface area contributed by atoms with E-state index in [4.69, 9.17) is 0 Å². The monoisotopic (exact) mass is 182 g/mol. The average molecular weight is 182 g/mol. The molecule has 1 aliphatic rings. The predicted molar refractivity (Wildman–Crippen MR) is 59.7 cm³/mol. The van der Waals surface area contributed by atoms with Gasteiger partial charge in [0.15, 0.2) is 0 Å². The van der Waals surface area contributed by atoms with Gasteiger partial charge in [0.25, 0.3) is 0 Å². The highest BCUT2D eigenvalue weighted by Crippen LogP contribution is 2.65. The SMILES string of the molecule is CCCC1C(C)C1(C)C(C)C(C)C. The van der Waals surface area contributed by atoms with Gasteiger partial charge in [-0.3, -0.25) is 0 Å². The highest BCUT2D eigenvalue weighted by atomic mass is 14.6. The number of hydrogen-bond donors (Lipinski definition) is 0. The van der Waals surface area contributed by atoms with E-state index in [1.807, 2.05) is 0 Å². The van der Waals surface area contributed by atoms with Gasteiger partial charge in [-0.25, -0.2) is 0 Å². The molecule has 0 heterocycles. The Balaban J connectivity index is 2.59. The fourth-order valence-electron chi connectivity index (χ4n) is 3.20. The third-order valence-electron chi connectivity index (χ3n) is 4.86. The van der Waals surface area contributed by atoms with Crippen LogP contribution in [0, 0.1) is 29.1 Å². The van der Waals surface area contributed by atoms with E-state index in [0.717, 1.165) is 23.7 Å². The summed E-state index contributed by atoms with van der Waals surface area (Å²) in [6.07, 6.45) is 2.80. The van der Waals surface area contributed by atoms with Crippen LogP contribution in [0.1, 0.15) is 54.4 Å². The number of rotatable bonds is 4. The minimum Gasteiger partial charge on any atom is -0.0654 e. The molecule has 1 saturated carbocycles. The second kappa shape index (κ2) is 3.63. The zero-order valence-corrected chi connectivity index (χ0v) is 10.2. The summed E-state index contributed by atoms with van der Waals surface area (Å²) in [7, 11) is 0. The van der Waals surface area contributed by atoms with Gasteiger partial charge in [-0.2, -0.15) is 0 Å². The van der Waals surface area contributed by atoms with Gasteiger partial charge in [-0.1, -0.05) is 48.0 Å². The Morgan fingerprint density at radius 1 is 1.23 bits per heavy atom. The second-order valence-electron chi connectivity index (χ2n) is 5.58. The maximum absolute atomic E-state index is 2.50. The van der Waals surface area contributed by atoms with Crippen molar-refractivity contribution in [3.05, 3.63) is 0 Å². The van der Waals surface area contributed by atoms with E-state index in [-0.39, 0.29) is 0 Å². The summed E-state index contributed by atoms with van der Waals surface area (Å²) < 4.78 is 0. The topological polar surface area (TPSA) is 0 Å². The third-order valence-corrected chi connectivity index (χ3v) is 4.86. The Hall–Kier alpha value is 0. The van der Waals surface area contributed by atoms with Crippen molar-refractivity contribution in [2.75, 3.05) is 0 Å². The van der Waals surface area contributed by atoms with E-state index in [0.29, 0.717) is 5.41 Å². The minimum absolute atomic E-state index is 0.657. The van der Waals surface area contributed by atoms with Crippen LogP contribution in [0.15, 0.2) is 0 Å². The van der Waals surface area contributed by atoms with Crippen LogP contribution in [-0.4, -0.2) is 0 Å². The lowest BCUT2D eigenvalue weighted by Crippen LogP contribution is -2.18. The highest BCUT2D eigenvalue weighted by molar-refractivity contribution is 5.07. The zero-order chi connectivity index (χ0) is 10.2. The van der Waals surface area contributed by atoms with Crippen molar-refractivity contribution in [3.8, 4) is 0 Å². The first-order valence-corrected chi connectivity index (χ1v) is 5.96. The quantitative estimate of drug-likeness (QED) is 0.606. The molecule has 1 aliphatic carbocycles. The summed E-state index contributed by atoms with van der Waals surface area (Å²) in [5.41, 5.74) is 0.657. The summed E-state index contributed by atoms with van der Waals surface area (Å²) in [6, 6.07) is 0. The van der Waals surface area contributed by atoms with Gasteiger partial charge in [0.05, 0.1) is 0 Å². The van der Waals surface area contributed by atoms with Crippen molar-refractivity contribution in [1.82, 2.24) is 0 Å². The summed E-state index contributed by atoms with van der Waals surface area (Å²) in [5, 5.41) is 0. The van der Waals surface area contributed by atoms with Crippen LogP contribution < -0.4 is 0 Å². The van der Waals surface area contributed by atoms with Crippen molar-refractivity contribution < 1.29 is 0 Å². The summed E-state index contributed by atoms with van der Waals surface area (Å²) >= 11 is 0. The molecular formula is C13H26. The van der Waals surface area contributed by atoms with E-state index in [1.165, 1.54) is 12.8 Å². The van der Waals surface area contributed by atoms with Crippen molar-refractivity contribution in [1.29, 1.82) is 0 Å². The van der Waals surface area contributed by atoms with Crippen molar-refractivity contribution >= 4 is 0 Å². The van der Waals surface area contributed by atoms with Crippen LogP contribution in [-0.2, 0) is 0 Å². The molecule has 4 unspecified atom stereocenters. The molecule has 0 aromatic carbocycles. The third kappa shape index (κ3) is 1.65. The first-order chi connectivity index (χ1) is 5.96. The maximum atomic E-state index is 2.50. The van der Waals surface area contributed by atoms with Gasteiger partial charge in [-0.05, 0) is 35.5 Å². The Morgan fingerprint density at radius 3 is 2.15 bits per heavy atom. The molecule has 4 atom stereocenters. The first kappa shape index (κ1) is 11.1. The Bertz CT molecular complexity index is 171. The highest BCUT2D eigenvalue weighted by Gasteiger charge is 2.60. The molecule has 0 aliphatic heterocycles. The summed E-state index contributed by atoms with van der Waals surface area (Å²) in [5.74, 6) is 3.70. The van der Waals surface area contributed by atoms with Crippen LogP contribution in [0.4, 0.5) is 0 Å². The molecule has 0 saturated heterocycles. The summed E-state index contributed by atoms with van der Waals surface area (Å²) in [4.78, 5) is 0. The number of hydrogen-bond acceptors (Lipinski definition) is 0. The second-order valence-corrected chi connectivity index (χ2v) is 5.58. The molecule has 1 rings (SSSR count). The van der Waals surface area contributed by atoms with E-state index in [9.17, 15) is 0 Å². The van der Waals surface area contributed by atoms with Gasteiger partial charge >= 0.3 is 0 Å². The molecule has 0 nitrogen and oxygen atoms in total.